The van der Waals surface area contributed by atoms with Crippen molar-refractivity contribution in [3.8, 4) is 0 Å². The van der Waals surface area contributed by atoms with E-state index in [1.807, 2.05) is 26.0 Å². The van der Waals surface area contributed by atoms with E-state index in [2.05, 4.69) is 14.9 Å². The van der Waals surface area contributed by atoms with Crippen molar-refractivity contribution in [1.29, 1.82) is 0 Å². The minimum atomic E-state index is -3.86. The molecule has 0 aromatic heterocycles. The molecule has 2 rings (SSSR count). The van der Waals surface area contributed by atoms with Gasteiger partial charge in [0.05, 0.1) is 10.5 Å². The van der Waals surface area contributed by atoms with Gasteiger partial charge in [-0.2, -0.15) is 0 Å². The zero-order valence-electron chi connectivity index (χ0n) is 16.9. The number of hydrogen-bond donors (Lipinski definition) is 2. The summed E-state index contributed by atoms with van der Waals surface area (Å²) in [4.78, 5) is 26.0. The second kappa shape index (κ2) is 10.2. The molecule has 0 bridgehead atoms. The number of hydrogen-bond acceptors (Lipinski definition) is 6. The number of carbonyl (C=O) groups is 2. The highest BCUT2D eigenvalue weighted by molar-refractivity contribution is 7.89. The Morgan fingerprint density at radius 3 is 2.27 bits per heavy atom. The van der Waals surface area contributed by atoms with Gasteiger partial charge in [0, 0.05) is 24.5 Å². The van der Waals surface area contributed by atoms with Crippen LogP contribution in [-0.2, 0) is 19.6 Å². The summed E-state index contributed by atoms with van der Waals surface area (Å²) in [6.45, 7) is 5.14. The Hall–Kier alpha value is -2.98. The lowest BCUT2D eigenvalue weighted by Gasteiger charge is -2.21. The molecule has 0 aliphatic rings. The highest BCUT2D eigenvalue weighted by atomic mass is 32.2. The highest BCUT2D eigenvalue weighted by Crippen LogP contribution is 2.18. The molecule has 8 nitrogen and oxygen atoms in total. The molecule has 0 unspecified atom stereocenters. The summed E-state index contributed by atoms with van der Waals surface area (Å²) in [5, 5.41) is 2.58. The van der Waals surface area contributed by atoms with Crippen molar-refractivity contribution < 1.29 is 27.1 Å². The van der Waals surface area contributed by atoms with Crippen LogP contribution in [0.3, 0.4) is 0 Å². The number of anilines is 2. The minimum Gasteiger partial charge on any atom is -0.452 e. The van der Waals surface area contributed by atoms with Crippen LogP contribution < -0.4 is 14.9 Å². The smallest absolute Gasteiger partial charge is 0.341 e. The number of nitrogens with zero attached hydrogens (tertiary/aromatic N) is 1. The van der Waals surface area contributed by atoms with Gasteiger partial charge in [-0.15, -0.1) is 0 Å². The van der Waals surface area contributed by atoms with Crippen LogP contribution in [0.15, 0.2) is 47.4 Å². The van der Waals surface area contributed by atoms with Gasteiger partial charge in [-0.1, -0.05) is 0 Å². The lowest BCUT2D eigenvalue weighted by molar-refractivity contribution is -0.119. The summed E-state index contributed by atoms with van der Waals surface area (Å²) in [6.07, 6.45) is 0. The van der Waals surface area contributed by atoms with E-state index in [-0.39, 0.29) is 4.90 Å². The van der Waals surface area contributed by atoms with E-state index < -0.39 is 39.9 Å². The van der Waals surface area contributed by atoms with Crippen molar-refractivity contribution in [2.75, 3.05) is 37.0 Å². The third-order valence-corrected chi connectivity index (χ3v) is 5.76. The molecular formula is C20H24FN3O5S. The van der Waals surface area contributed by atoms with E-state index >= 15 is 0 Å². The molecular weight excluding hydrogens is 413 g/mol. The fourth-order valence-electron chi connectivity index (χ4n) is 2.70. The summed E-state index contributed by atoms with van der Waals surface area (Å²) in [6, 6.07) is 9.88. The van der Waals surface area contributed by atoms with E-state index in [1.165, 1.54) is 7.05 Å². The number of carbonyl (C=O) groups excluding carboxylic acids is 2. The summed E-state index contributed by atoms with van der Waals surface area (Å²) in [7, 11) is -2.67. The van der Waals surface area contributed by atoms with Crippen LogP contribution in [0.2, 0.25) is 0 Å². The maximum Gasteiger partial charge on any atom is 0.341 e. The molecule has 0 aliphatic carbocycles. The number of amides is 1. The SMILES string of the molecule is CCN(CC)c1ccc(NC(=O)COC(=O)c2cc(S(=O)(=O)NC)ccc2F)cc1. The van der Waals surface area contributed by atoms with Crippen LogP contribution in [0.4, 0.5) is 15.8 Å². The molecule has 0 spiro atoms. The van der Waals surface area contributed by atoms with Gasteiger partial charge in [-0.25, -0.2) is 22.3 Å². The van der Waals surface area contributed by atoms with E-state index in [1.54, 1.807) is 12.1 Å². The lowest BCUT2D eigenvalue weighted by Crippen LogP contribution is -2.23. The average Bonchev–Trinajstić information content (AvgIpc) is 2.74. The lowest BCUT2D eigenvalue weighted by atomic mass is 10.2. The summed E-state index contributed by atoms with van der Waals surface area (Å²) in [5.74, 6) is -2.71. The van der Waals surface area contributed by atoms with Gasteiger partial charge in [0.2, 0.25) is 10.0 Å². The van der Waals surface area contributed by atoms with Gasteiger partial charge >= 0.3 is 5.97 Å². The van der Waals surface area contributed by atoms with Crippen molar-refractivity contribution in [3.05, 3.63) is 53.8 Å². The van der Waals surface area contributed by atoms with E-state index in [0.29, 0.717) is 5.69 Å². The molecule has 2 aromatic carbocycles. The first-order valence-electron chi connectivity index (χ1n) is 9.26. The maximum atomic E-state index is 13.9. The van der Waals surface area contributed by atoms with Crippen molar-refractivity contribution in [3.63, 3.8) is 0 Å². The predicted octanol–water partition coefficient (Wildman–Crippen LogP) is 2.38. The average molecular weight is 437 g/mol. The molecule has 30 heavy (non-hydrogen) atoms. The first-order chi connectivity index (χ1) is 14.2. The quantitative estimate of drug-likeness (QED) is 0.584. The van der Waals surface area contributed by atoms with Crippen LogP contribution in [0.25, 0.3) is 0 Å². The van der Waals surface area contributed by atoms with Gasteiger partial charge in [0.15, 0.2) is 6.61 Å². The Balaban J connectivity index is 2.00. The molecule has 162 valence electrons. The summed E-state index contributed by atoms with van der Waals surface area (Å²) < 4.78 is 44.4. The maximum absolute atomic E-state index is 13.9. The Kier molecular flexibility index (Phi) is 7.90. The van der Waals surface area contributed by atoms with Crippen LogP contribution in [-0.4, -0.2) is 47.0 Å². The number of nitrogens with one attached hydrogen (secondary N) is 2. The van der Waals surface area contributed by atoms with Crippen LogP contribution in [0, 0.1) is 5.82 Å². The topological polar surface area (TPSA) is 105 Å². The second-order valence-electron chi connectivity index (χ2n) is 6.19. The first-order valence-corrected chi connectivity index (χ1v) is 10.7. The Morgan fingerprint density at radius 1 is 1.07 bits per heavy atom. The van der Waals surface area contributed by atoms with Gasteiger partial charge in [0.1, 0.15) is 5.82 Å². The fourth-order valence-corrected chi connectivity index (χ4v) is 3.45. The minimum absolute atomic E-state index is 0.295. The largest absolute Gasteiger partial charge is 0.452 e. The molecule has 2 aromatic rings. The van der Waals surface area contributed by atoms with Crippen LogP contribution in [0.5, 0.6) is 0 Å². The molecule has 0 fully saturated rings. The molecule has 0 atom stereocenters. The number of ether oxygens (including phenoxy) is 1. The summed E-state index contributed by atoms with van der Waals surface area (Å²) >= 11 is 0. The third kappa shape index (κ3) is 5.77. The predicted molar refractivity (Wildman–Crippen MR) is 112 cm³/mol. The Labute approximate surface area is 175 Å². The second-order valence-corrected chi connectivity index (χ2v) is 8.08. The van der Waals surface area contributed by atoms with Crippen LogP contribution in [0.1, 0.15) is 24.2 Å². The molecule has 0 saturated heterocycles. The molecule has 0 aliphatic heterocycles. The van der Waals surface area contributed by atoms with E-state index in [4.69, 9.17) is 4.74 Å². The number of rotatable bonds is 9. The molecule has 0 saturated carbocycles. The molecule has 2 N–H and O–H groups in total. The van der Waals surface area contributed by atoms with Gasteiger partial charge in [-0.05, 0) is 63.4 Å². The standard InChI is InChI=1S/C20H24FN3O5S/c1-4-24(5-2)15-8-6-14(7-9-15)23-19(25)13-29-20(26)17-12-16(10-11-18(17)21)30(27,28)22-3/h6-12,22H,4-5,13H2,1-3H3,(H,23,25). The third-order valence-electron chi connectivity index (χ3n) is 4.35. The Bertz CT molecular complexity index is 1010. The molecule has 0 heterocycles. The van der Waals surface area contributed by atoms with Crippen molar-refractivity contribution in [2.24, 2.45) is 0 Å². The van der Waals surface area contributed by atoms with E-state index in [9.17, 15) is 22.4 Å². The molecule has 10 heteroatoms. The van der Waals surface area contributed by atoms with Crippen molar-refractivity contribution >= 4 is 33.3 Å². The fraction of sp³-hybridized carbons (Fsp3) is 0.300. The first kappa shape index (κ1) is 23.3. The Morgan fingerprint density at radius 2 is 1.70 bits per heavy atom. The normalized spacial score (nSPS) is 11.1. The van der Waals surface area contributed by atoms with Crippen molar-refractivity contribution in [1.82, 2.24) is 4.72 Å². The zero-order valence-corrected chi connectivity index (χ0v) is 17.8. The van der Waals surface area contributed by atoms with E-state index in [0.717, 1.165) is 37.0 Å². The van der Waals surface area contributed by atoms with Crippen molar-refractivity contribution in [2.45, 2.75) is 18.7 Å². The zero-order chi connectivity index (χ0) is 22.3. The number of halogens is 1. The van der Waals surface area contributed by atoms with Gasteiger partial charge in [0.25, 0.3) is 5.91 Å². The monoisotopic (exact) mass is 437 g/mol. The number of sulfonamides is 1. The van der Waals surface area contributed by atoms with Gasteiger partial charge < -0.3 is 15.0 Å². The molecule has 1 amide bonds. The molecule has 0 radical (unpaired) electrons. The van der Waals surface area contributed by atoms with Crippen LogP contribution >= 0.6 is 0 Å². The number of benzene rings is 2. The highest BCUT2D eigenvalue weighted by Gasteiger charge is 2.20. The number of esters is 1. The van der Waals surface area contributed by atoms with Gasteiger partial charge in [-0.3, -0.25) is 4.79 Å². The summed E-state index contributed by atoms with van der Waals surface area (Å²) in [5.41, 5.74) is 0.944.